The molecule has 168 valence electrons. The third kappa shape index (κ3) is 4.04. The van der Waals surface area contributed by atoms with Crippen molar-refractivity contribution in [3.05, 3.63) is 82.9 Å². The van der Waals surface area contributed by atoms with Crippen molar-refractivity contribution in [2.75, 3.05) is 20.3 Å². The van der Waals surface area contributed by atoms with E-state index in [0.29, 0.717) is 36.8 Å². The Kier molecular flexibility index (Phi) is 5.50. The van der Waals surface area contributed by atoms with Crippen LogP contribution in [0.4, 0.5) is 0 Å². The molecule has 2 aliphatic heterocycles. The zero-order valence-corrected chi connectivity index (χ0v) is 18.8. The minimum atomic E-state index is -0.307. The number of carbonyl (C=O) groups is 2. The average molecular weight is 443 g/mol. The molecule has 1 atom stereocenters. The predicted molar refractivity (Wildman–Crippen MR) is 125 cm³/mol. The number of nitrogens with zero attached hydrogens (tertiary/aromatic N) is 1. The second kappa shape index (κ2) is 8.62. The zero-order chi connectivity index (χ0) is 22.9. The SMILES string of the molecule is COc1cc(-c2ccc(C)cc2)cc2c1OCCN(C(=O)C[C@H]1NC(=O)c3ccccc31)C2. The number of hydrogen-bond acceptors (Lipinski definition) is 4. The van der Waals surface area contributed by atoms with Gasteiger partial charge in [-0.2, -0.15) is 0 Å². The summed E-state index contributed by atoms with van der Waals surface area (Å²) in [5, 5.41) is 2.94. The number of methoxy groups -OCH3 is 1. The molecule has 3 aromatic rings. The highest BCUT2D eigenvalue weighted by Crippen LogP contribution is 2.39. The summed E-state index contributed by atoms with van der Waals surface area (Å²) < 4.78 is 11.6. The van der Waals surface area contributed by atoms with Crippen LogP contribution in [0, 0.1) is 6.92 Å². The van der Waals surface area contributed by atoms with Crippen molar-refractivity contribution in [2.45, 2.75) is 25.9 Å². The third-order valence-corrected chi connectivity index (χ3v) is 6.32. The molecule has 5 rings (SSSR count). The number of aryl methyl sites for hydroxylation is 1. The van der Waals surface area contributed by atoms with E-state index in [-0.39, 0.29) is 24.3 Å². The van der Waals surface area contributed by atoms with Crippen molar-refractivity contribution < 1.29 is 19.1 Å². The highest BCUT2D eigenvalue weighted by atomic mass is 16.5. The van der Waals surface area contributed by atoms with Gasteiger partial charge < -0.3 is 19.7 Å². The molecular formula is C27H26N2O4. The fraction of sp³-hybridized carbons (Fsp3) is 0.259. The molecule has 2 heterocycles. The Hall–Kier alpha value is -3.80. The maximum Gasteiger partial charge on any atom is 0.252 e. The van der Waals surface area contributed by atoms with E-state index in [1.807, 2.05) is 24.3 Å². The number of hydrogen-bond donors (Lipinski definition) is 1. The van der Waals surface area contributed by atoms with Gasteiger partial charge in [-0.1, -0.05) is 48.0 Å². The van der Waals surface area contributed by atoms with Gasteiger partial charge in [-0.05, 0) is 41.8 Å². The third-order valence-electron chi connectivity index (χ3n) is 6.32. The Morgan fingerprint density at radius 3 is 2.70 bits per heavy atom. The Morgan fingerprint density at radius 2 is 1.91 bits per heavy atom. The predicted octanol–water partition coefficient (Wildman–Crippen LogP) is 4.27. The van der Waals surface area contributed by atoms with Crippen LogP contribution < -0.4 is 14.8 Å². The maximum absolute atomic E-state index is 13.3. The van der Waals surface area contributed by atoms with Crippen molar-refractivity contribution in [1.29, 1.82) is 0 Å². The maximum atomic E-state index is 13.3. The molecule has 33 heavy (non-hydrogen) atoms. The van der Waals surface area contributed by atoms with Gasteiger partial charge in [0.25, 0.3) is 5.91 Å². The highest BCUT2D eigenvalue weighted by molar-refractivity contribution is 5.99. The molecule has 6 heteroatoms. The minimum Gasteiger partial charge on any atom is -0.493 e. The van der Waals surface area contributed by atoms with Crippen LogP contribution in [-0.4, -0.2) is 37.0 Å². The van der Waals surface area contributed by atoms with Crippen LogP contribution in [0.1, 0.15) is 39.5 Å². The first-order valence-corrected chi connectivity index (χ1v) is 11.1. The molecule has 1 N–H and O–H groups in total. The lowest BCUT2D eigenvalue weighted by Crippen LogP contribution is -2.35. The van der Waals surface area contributed by atoms with Gasteiger partial charge in [0.2, 0.25) is 5.91 Å². The fourth-order valence-electron chi connectivity index (χ4n) is 4.55. The van der Waals surface area contributed by atoms with E-state index in [2.05, 4.69) is 42.6 Å². The molecule has 0 radical (unpaired) electrons. The standard InChI is InChI=1S/C27H26N2O4/c1-17-7-9-18(10-8-17)19-13-20-16-29(11-12-33-26(20)24(14-19)32-2)25(30)15-23-21-5-3-4-6-22(21)27(31)28-23/h3-10,13-14,23H,11-12,15-16H2,1-2H3,(H,28,31)/t23-/m1/s1. The van der Waals surface area contributed by atoms with Gasteiger partial charge in [0.15, 0.2) is 11.5 Å². The van der Waals surface area contributed by atoms with Crippen LogP contribution in [0.25, 0.3) is 11.1 Å². The Balaban J connectivity index is 1.41. The second-order valence-corrected chi connectivity index (χ2v) is 8.51. The van der Waals surface area contributed by atoms with Crippen molar-refractivity contribution in [3.63, 3.8) is 0 Å². The Morgan fingerprint density at radius 1 is 1.12 bits per heavy atom. The Bertz CT molecular complexity index is 1220. The molecule has 0 aromatic heterocycles. The van der Waals surface area contributed by atoms with Crippen LogP contribution in [0.2, 0.25) is 0 Å². The van der Waals surface area contributed by atoms with E-state index >= 15 is 0 Å². The molecule has 2 aliphatic rings. The Labute approximate surface area is 193 Å². The van der Waals surface area contributed by atoms with Crippen LogP contribution in [-0.2, 0) is 11.3 Å². The summed E-state index contributed by atoms with van der Waals surface area (Å²) in [4.78, 5) is 27.3. The minimum absolute atomic E-state index is 0.0202. The van der Waals surface area contributed by atoms with Crippen molar-refractivity contribution in [2.24, 2.45) is 0 Å². The topological polar surface area (TPSA) is 67.9 Å². The molecule has 0 fully saturated rings. The van der Waals surface area contributed by atoms with Crippen LogP contribution in [0.5, 0.6) is 11.5 Å². The molecule has 0 unspecified atom stereocenters. The van der Waals surface area contributed by atoms with E-state index in [0.717, 1.165) is 22.3 Å². The lowest BCUT2D eigenvalue weighted by molar-refractivity contribution is -0.132. The summed E-state index contributed by atoms with van der Waals surface area (Å²) in [5.74, 6) is 1.20. The number of benzene rings is 3. The molecule has 0 aliphatic carbocycles. The number of ether oxygens (including phenoxy) is 2. The number of nitrogens with one attached hydrogen (secondary N) is 1. The first kappa shape index (κ1) is 21.1. The first-order valence-electron chi connectivity index (χ1n) is 11.1. The quantitative estimate of drug-likeness (QED) is 0.655. The van der Waals surface area contributed by atoms with Crippen LogP contribution in [0.15, 0.2) is 60.7 Å². The summed E-state index contributed by atoms with van der Waals surface area (Å²) in [6.07, 6.45) is 0.215. The molecule has 0 saturated carbocycles. The van der Waals surface area contributed by atoms with Gasteiger partial charge in [0, 0.05) is 17.7 Å². The van der Waals surface area contributed by atoms with Gasteiger partial charge in [0.1, 0.15) is 6.61 Å². The van der Waals surface area contributed by atoms with E-state index in [4.69, 9.17) is 9.47 Å². The number of carbonyl (C=O) groups excluding carboxylic acids is 2. The van der Waals surface area contributed by atoms with E-state index in [1.165, 1.54) is 5.56 Å². The van der Waals surface area contributed by atoms with Crippen molar-refractivity contribution >= 4 is 11.8 Å². The summed E-state index contributed by atoms with van der Waals surface area (Å²) >= 11 is 0. The molecule has 2 amide bonds. The molecular weight excluding hydrogens is 416 g/mol. The molecule has 0 spiro atoms. The van der Waals surface area contributed by atoms with Gasteiger partial charge >= 0.3 is 0 Å². The average Bonchev–Trinajstić information content (AvgIpc) is 3.00. The number of fused-ring (bicyclic) bond motifs is 2. The van der Waals surface area contributed by atoms with E-state index in [9.17, 15) is 9.59 Å². The largest absolute Gasteiger partial charge is 0.493 e. The number of amides is 2. The summed E-state index contributed by atoms with van der Waals surface area (Å²) in [6.45, 7) is 3.34. The second-order valence-electron chi connectivity index (χ2n) is 8.51. The number of rotatable bonds is 4. The summed E-state index contributed by atoms with van der Waals surface area (Å²) in [5.41, 5.74) is 5.72. The lowest BCUT2D eigenvalue weighted by Gasteiger charge is -2.22. The van der Waals surface area contributed by atoms with Crippen LogP contribution >= 0.6 is 0 Å². The van der Waals surface area contributed by atoms with Crippen LogP contribution in [0.3, 0.4) is 0 Å². The smallest absolute Gasteiger partial charge is 0.252 e. The van der Waals surface area contributed by atoms with E-state index in [1.54, 1.807) is 18.1 Å². The molecule has 0 saturated heterocycles. The lowest BCUT2D eigenvalue weighted by atomic mass is 10.00. The monoisotopic (exact) mass is 442 g/mol. The van der Waals surface area contributed by atoms with Crippen molar-refractivity contribution in [1.82, 2.24) is 10.2 Å². The van der Waals surface area contributed by atoms with Gasteiger partial charge in [-0.3, -0.25) is 9.59 Å². The highest BCUT2D eigenvalue weighted by Gasteiger charge is 2.32. The van der Waals surface area contributed by atoms with Gasteiger partial charge in [-0.15, -0.1) is 0 Å². The van der Waals surface area contributed by atoms with Gasteiger partial charge in [0.05, 0.1) is 26.1 Å². The normalized spacial score (nSPS) is 16.8. The summed E-state index contributed by atoms with van der Waals surface area (Å²) in [6, 6.07) is 19.5. The van der Waals surface area contributed by atoms with Crippen molar-refractivity contribution in [3.8, 4) is 22.6 Å². The van der Waals surface area contributed by atoms with Gasteiger partial charge in [-0.25, -0.2) is 0 Å². The molecule has 3 aromatic carbocycles. The molecule has 0 bridgehead atoms. The van der Waals surface area contributed by atoms with E-state index < -0.39 is 0 Å². The first-order chi connectivity index (χ1) is 16.0. The summed E-state index contributed by atoms with van der Waals surface area (Å²) in [7, 11) is 1.63. The molecule has 6 nitrogen and oxygen atoms in total. The fourth-order valence-corrected chi connectivity index (χ4v) is 4.55. The zero-order valence-electron chi connectivity index (χ0n) is 18.8.